The van der Waals surface area contributed by atoms with Crippen LogP contribution in [0.4, 0.5) is 0 Å². The Morgan fingerprint density at radius 2 is 2.33 bits per heavy atom. The molecule has 0 saturated carbocycles. The molecular formula is C9H13NOS. The molecule has 0 aromatic carbocycles. The van der Waals surface area contributed by atoms with Crippen molar-refractivity contribution in [2.45, 2.75) is 20.3 Å². The number of carbonyl (C=O) groups excluding carboxylic acids is 1. The quantitative estimate of drug-likeness (QED) is 0.763. The van der Waals surface area contributed by atoms with Crippen LogP contribution in [0, 0.1) is 0 Å². The van der Waals surface area contributed by atoms with Crippen LogP contribution in [-0.2, 0) is 6.42 Å². The van der Waals surface area contributed by atoms with E-state index >= 15 is 0 Å². The summed E-state index contributed by atoms with van der Waals surface area (Å²) in [5, 5.41) is 4.67. The van der Waals surface area contributed by atoms with Gasteiger partial charge in [0.2, 0.25) is 0 Å². The molecular weight excluding hydrogens is 170 g/mol. The van der Waals surface area contributed by atoms with Crippen molar-refractivity contribution >= 4 is 17.2 Å². The summed E-state index contributed by atoms with van der Waals surface area (Å²) in [4.78, 5) is 12.5. The summed E-state index contributed by atoms with van der Waals surface area (Å²) in [5.74, 6) is 0.0356. The summed E-state index contributed by atoms with van der Waals surface area (Å²) < 4.78 is 0. The van der Waals surface area contributed by atoms with Crippen molar-refractivity contribution in [2.75, 3.05) is 6.54 Å². The molecule has 0 unspecified atom stereocenters. The van der Waals surface area contributed by atoms with E-state index in [-0.39, 0.29) is 5.91 Å². The van der Waals surface area contributed by atoms with Crippen molar-refractivity contribution in [3.8, 4) is 0 Å². The van der Waals surface area contributed by atoms with E-state index in [2.05, 4.69) is 12.2 Å². The van der Waals surface area contributed by atoms with Crippen LogP contribution in [0.25, 0.3) is 0 Å². The van der Waals surface area contributed by atoms with E-state index in [9.17, 15) is 4.79 Å². The largest absolute Gasteiger partial charge is 0.352 e. The Morgan fingerprint density at radius 1 is 1.58 bits per heavy atom. The van der Waals surface area contributed by atoms with Crippen molar-refractivity contribution in [3.63, 3.8) is 0 Å². The van der Waals surface area contributed by atoms with Crippen molar-refractivity contribution in [1.29, 1.82) is 0 Å². The molecule has 1 N–H and O–H groups in total. The fourth-order valence-electron chi connectivity index (χ4n) is 0.948. The van der Waals surface area contributed by atoms with Gasteiger partial charge in [-0.1, -0.05) is 6.92 Å². The van der Waals surface area contributed by atoms with E-state index in [4.69, 9.17) is 0 Å². The van der Waals surface area contributed by atoms with Gasteiger partial charge in [0, 0.05) is 16.8 Å². The lowest BCUT2D eigenvalue weighted by molar-refractivity contribution is 0.0956. The van der Waals surface area contributed by atoms with E-state index in [1.54, 1.807) is 11.3 Å². The Hall–Kier alpha value is -0.830. The minimum absolute atomic E-state index is 0.0356. The van der Waals surface area contributed by atoms with Crippen LogP contribution < -0.4 is 5.32 Å². The Kier molecular flexibility index (Phi) is 3.29. The molecule has 1 rings (SSSR count). The molecule has 12 heavy (non-hydrogen) atoms. The fourth-order valence-corrected chi connectivity index (χ4v) is 1.76. The second-order valence-corrected chi connectivity index (χ2v) is 3.51. The number of hydrogen-bond acceptors (Lipinski definition) is 2. The molecule has 0 fully saturated rings. The highest BCUT2D eigenvalue weighted by atomic mass is 32.1. The minimum Gasteiger partial charge on any atom is -0.352 e. The van der Waals surface area contributed by atoms with E-state index in [1.165, 1.54) is 4.88 Å². The van der Waals surface area contributed by atoms with Crippen LogP contribution >= 0.6 is 11.3 Å². The Balaban J connectivity index is 2.68. The lowest BCUT2D eigenvalue weighted by Crippen LogP contribution is -2.21. The first-order chi connectivity index (χ1) is 5.77. The van der Waals surface area contributed by atoms with E-state index < -0.39 is 0 Å². The maximum atomic E-state index is 11.3. The number of aryl methyl sites for hydroxylation is 1. The summed E-state index contributed by atoms with van der Waals surface area (Å²) in [7, 11) is 0. The Bertz CT molecular complexity index is 267. The van der Waals surface area contributed by atoms with Crippen molar-refractivity contribution in [3.05, 3.63) is 21.9 Å². The average molecular weight is 183 g/mol. The van der Waals surface area contributed by atoms with E-state index in [0.717, 1.165) is 12.0 Å². The monoisotopic (exact) mass is 183 g/mol. The fraction of sp³-hybridized carbons (Fsp3) is 0.444. The smallest absolute Gasteiger partial charge is 0.252 e. The van der Waals surface area contributed by atoms with Gasteiger partial charge in [0.05, 0.1) is 5.56 Å². The number of nitrogens with one attached hydrogen (secondary N) is 1. The molecule has 0 bridgehead atoms. The van der Waals surface area contributed by atoms with Gasteiger partial charge in [0.1, 0.15) is 0 Å². The van der Waals surface area contributed by atoms with Gasteiger partial charge in [-0.15, -0.1) is 11.3 Å². The summed E-state index contributed by atoms with van der Waals surface area (Å²) in [6.07, 6.45) is 1.00. The number of rotatable bonds is 3. The van der Waals surface area contributed by atoms with Crippen LogP contribution in [0.15, 0.2) is 11.4 Å². The zero-order chi connectivity index (χ0) is 8.97. The molecule has 2 nitrogen and oxygen atoms in total. The van der Waals surface area contributed by atoms with Crippen LogP contribution in [0.1, 0.15) is 29.1 Å². The highest BCUT2D eigenvalue weighted by Gasteiger charge is 2.05. The standard InChI is InChI=1S/C9H13NOS/c1-3-8-5-7(6-12-8)9(11)10-4-2/h5-6H,3-4H2,1-2H3,(H,10,11). The van der Waals surface area contributed by atoms with Gasteiger partial charge in [-0.25, -0.2) is 0 Å². The van der Waals surface area contributed by atoms with Crippen LogP contribution in [0.3, 0.4) is 0 Å². The molecule has 0 aliphatic carbocycles. The Morgan fingerprint density at radius 3 is 2.83 bits per heavy atom. The second-order valence-electron chi connectivity index (χ2n) is 2.51. The van der Waals surface area contributed by atoms with E-state index in [1.807, 2.05) is 18.4 Å². The van der Waals surface area contributed by atoms with Gasteiger partial charge in [-0.3, -0.25) is 4.79 Å². The SMILES string of the molecule is CCNC(=O)c1csc(CC)c1. The summed E-state index contributed by atoms with van der Waals surface area (Å²) >= 11 is 1.64. The van der Waals surface area contributed by atoms with Crippen molar-refractivity contribution in [1.82, 2.24) is 5.32 Å². The molecule has 3 heteroatoms. The highest BCUT2D eigenvalue weighted by molar-refractivity contribution is 7.10. The average Bonchev–Trinajstić information content (AvgIpc) is 2.52. The topological polar surface area (TPSA) is 29.1 Å². The first kappa shape index (κ1) is 9.26. The third-order valence-electron chi connectivity index (χ3n) is 1.60. The van der Waals surface area contributed by atoms with Crippen LogP contribution in [0.2, 0.25) is 0 Å². The third kappa shape index (κ3) is 2.08. The normalized spacial score (nSPS) is 9.83. The molecule has 1 aromatic heterocycles. The maximum absolute atomic E-state index is 11.3. The number of amides is 1. The van der Waals surface area contributed by atoms with Gasteiger partial charge < -0.3 is 5.32 Å². The highest BCUT2D eigenvalue weighted by Crippen LogP contribution is 2.14. The predicted octanol–water partition coefficient (Wildman–Crippen LogP) is 2.06. The van der Waals surface area contributed by atoms with Crippen LogP contribution in [-0.4, -0.2) is 12.5 Å². The summed E-state index contributed by atoms with van der Waals surface area (Å²) in [5.41, 5.74) is 0.790. The molecule has 1 heterocycles. The van der Waals surface area contributed by atoms with Crippen molar-refractivity contribution < 1.29 is 4.79 Å². The van der Waals surface area contributed by atoms with Crippen LogP contribution in [0.5, 0.6) is 0 Å². The molecule has 0 atom stereocenters. The van der Waals surface area contributed by atoms with Gasteiger partial charge in [-0.05, 0) is 19.4 Å². The second kappa shape index (κ2) is 4.26. The van der Waals surface area contributed by atoms with Crippen molar-refractivity contribution in [2.24, 2.45) is 0 Å². The first-order valence-corrected chi connectivity index (χ1v) is 5.01. The molecule has 0 spiro atoms. The van der Waals surface area contributed by atoms with E-state index in [0.29, 0.717) is 6.54 Å². The number of hydrogen-bond donors (Lipinski definition) is 1. The molecule has 1 aromatic rings. The van der Waals surface area contributed by atoms with Gasteiger partial charge in [-0.2, -0.15) is 0 Å². The number of carbonyl (C=O) groups is 1. The molecule has 1 amide bonds. The lowest BCUT2D eigenvalue weighted by Gasteiger charge is -1.96. The lowest BCUT2D eigenvalue weighted by atomic mass is 10.2. The summed E-state index contributed by atoms with van der Waals surface area (Å²) in [6, 6.07) is 1.95. The molecule has 0 aliphatic rings. The van der Waals surface area contributed by atoms with Gasteiger partial charge >= 0.3 is 0 Å². The zero-order valence-corrected chi connectivity index (χ0v) is 8.20. The molecule has 0 saturated heterocycles. The zero-order valence-electron chi connectivity index (χ0n) is 7.39. The third-order valence-corrected chi connectivity index (χ3v) is 2.68. The minimum atomic E-state index is 0.0356. The van der Waals surface area contributed by atoms with Gasteiger partial charge in [0.25, 0.3) is 5.91 Å². The predicted molar refractivity (Wildman–Crippen MR) is 51.7 cm³/mol. The maximum Gasteiger partial charge on any atom is 0.252 e. The number of thiophene rings is 1. The Labute approximate surface area is 76.6 Å². The summed E-state index contributed by atoms with van der Waals surface area (Å²) in [6.45, 7) is 4.70. The molecule has 0 aliphatic heterocycles. The van der Waals surface area contributed by atoms with Gasteiger partial charge in [0.15, 0.2) is 0 Å². The first-order valence-electron chi connectivity index (χ1n) is 4.13. The molecule has 66 valence electrons. The molecule has 0 radical (unpaired) electrons.